The van der Waals surface area contributed by atoms with Crippen LogP contribution in [0.2, 0.25) is 0 Å². The summed E-state index contributed by atoms with van der Waals surface area (Å²) in [6, 6.07) is 5.82. The van der Waals surface area contributed by atoms with E-state index >= 15 is 0 Å². The summed E-state index contributed by atoms with van der Waals surface area (Å²) in [5, 5.41) is 13.4. The Balaban J connectivity index is 1.27. The lowest BCUT2D eigenvalue weighted by atomic mass is 9.85. The number of piperidine rings is 1. The third kappa shape index (κ3) is 5.97. The highest BCUT2D eigenvalue weighted by Gasteiger charge is 2.44. The van der Waals surface area contributed by atoms with Crippen LogP contribution < -0.4 is 14.2 Å². The number of alkyl halides is 5. The topological polar surface area (TPSA) is 98.9 Å². The van der Waals surface area contributed by atoms with E-state index in [1.807, 2.05) is 0 Å². The van der Waals surface area contributed by atoms with Crippen LogP contribution in [0.25, 0.3) is 5.69 Å². The first-order chi connectivity index (χ1) is 20.4. The number of benzene rings is 1. The van der Waals surface area contributed by atoms with E-state index < -0.39 is 36.2 Å². The number of aliphatic carboxylic acids is 1. The van der Waals surface area contributed by atoms with Crippen LogP contribution in [0.15, 0.2) is 36.7 Å². The van der Waals surface area contributed by atoms with E-state index in [2.05, 4.69) is 24.5 Å². The number of hydrogen-bond donors (Lipinski definition) is 1. The third-order valence-electron chi connectivity index (χ3n) is 8.22. The van der Waals surface area contributed by atoms with Gasteiger partial charge in [-0.15, -0.1) is 8.78 Å². The Bertz CT molecular complexity index is 1520. The van der Waals surface area contributed by atoms with E-state index in [1.54, 1.807) is 19.1 Å². The highest BCUT2D eigenvalue weighted by molar-refractivity contribution is 5.70. The molecule has 0 unspecified atom stereocenters. The molecule has 43 heavy (non-hydrogen) atoms. The second-order valence-corrected chi connectivity index (χ2v) is 11.1. The predicted octanol–water partition coefficient (Wildman–Crippen LogP) is 5.96. The summed E-state index contributed by atoms with van der Waals surface area (Å²) in [6.45, 7) is 3.29. The van der Waals surface area contributed by atoms with Gasteiger partial charge in [-0.3, -0.25) is 9.78 Å². The fourth-order valence-corrected chi connectivity index (χ4v) is 6.15. The molecule has 3 aromatic rings. The second-order valence-electron chi connectivity index (χ2n) is 11.1. The van der Waals surface area contributed by atoms with Crippen LogP contribution in [-0.4, -0.2) is 56.7 Å². The van der Waals surface area contributed by atoms with Crippen molar-refractivity contribution in [2.45, 2.75) is 63.5 Å². The molecular formula is C29H29F5N4O5. The lowest BCUT2D eigenvalue weighted by Crippen LogP contribution is -2.39. The maximum Gasteiger partial charge on any atom is 0.586 e. The van der Waals surface area contributed by atoms with Crippen LogP contribution in [0, 0.1) is 5.92 Å². The number of carboxylic acid groups (broad SMARTS) is 1. The number of pyridine rings is 1. The number of carboxylic acids is 1. The van der Waals surface area contributed by atoms with Gasteiger partial charge >= 0.3 is 18.4 Å². The van der Waals surface area contributed by atoms with Crippen LogP contribution in [0.5, 0.6) is 17.2 Å². The molecule has 0 radical (unpaired) electrons. The van der Waals surface area contributed by atoms with Gasteiger partial charge < -0.3 is 24.2 Å². The largest absolute Gasteiger partial charge is 0.586 e. The molecule has 0 spiro atoms. The number of likely N-dealkylation sites (tertiary alicyclic amines) is 1. The second kappa shape index (κ2) is 11.0. The highest BCUT2D eigenvalue weighted by atomic mass is 19.4. The lowest BCUT2D eigenvalue weighted by Gasteiger charge is -2.34. The van der Waals surface area contributed by atoms with Crippen LogP contribution >= 0.6 is 0 Å². The van der Waals surface area contributed by atoms with E-state index in [-0.39, 0.29) is 35.2 Å². The Kier molecular flexibility index (Phi) is 7.43. The number of ether oxygens (including phenoxy) is 3. The number of carbonyl (C=O) groups is 1. The van der Waals surface area contributed by atoms with Gasteiger partial charge in [0.2, 0.25) is 0 Å². The summed E-state index contributed by atoms with van der Waals surface area (Å²) in [5.74, 6) is -1.47. The minimum atomic E-state index is -4.65. The summed E-state index contributed by atoms with van der Waals surface area (Å²) in [7, 11) is 0. The van der Waals surface area contributed by atoms with Crippen molar-refractivity contribution < 1.29 is 46.1 Å². The molecule has 0 saturated carbocycles. The molecule has 1 aliphatic carbocycles. The zero-order chi connectivity index (χ0) is 30.5. The van der Waals surface area contributed by atoms with Gasteiger partial charge in [-0.1, -0.05) is 6.07 Å². The normalized spacial score (nSPS) is 20.9. The molecular weight excluding hydrogens is 579 g/mol. The van der Waals surface area contributed by atoms with Crippen molar-refractivity contribution in [2.24, 2.45) is 5.92 Å². The van der Waals surface area contributed by atoms with Crippen LogP contribution in [0.1, 0.15) is 67.1 Å². The molecule has 0 bridgehead atoms. The van der Waals surface area contributed by atoms with E-state index in [0.29, 0.717) is 62.3 Å². The van der Waals surface area contributed by atoms with Crippen LogP contribution in [0.4, 0.5) is 22.0 Å². The van der Waals surface area contributed by atoms with Crippen molar-refractivity contribution in [2.75, 3.05) is 19.6 Å². The first-order valence-corrected chi connectivity index (χ1v) is 14.0. The molecule has 1 saturated heterocycles. The van der Waals surface area contributed by atoms with E-state index in [9.17, 15) is 31.9 Å². The molecule has 0 amide bonds. The number of aromatic nitrogens is 3. The number of hydrogen-bond acceptors (Lipinski definition) is 7. The minimum Gasteiger partial charge on any atom is -0.484 e. The van der Waals surface area contributed by atoms with Crippen LogP contribution in [0.3, 0.4) is 0 Å². The third-order valence-corrected chi connectivity index (χ3v) is 8.22. The predicted molar refractivity (Wildman–Crippen MR) is 141 cm³/mol. The summed E-state index contributed by atoms with van der Waals surface area (Å²) >= 11 is 0. The minimum absolute atomic E-state index is 0.102. The van der Waals surface area contributed by atoms with Gasteiger partial charge in [-0.2, -0.15) is 18.3 Å². The average Bonchev–Trinajstić information content (AvgIpc) is 3.50. The monoisotopic (exact) mass is 608 g/mol. The van der Waals surface area contributed by atoms with Crippen LogP contribution in [-0.2, 0) is 17.4 Å². The molecule has 14 heteroatoms. The van der Waals surface area contributed by atoms with Gasteiger partial charge in [0.1, 0.15) is 11.9 Å². The van der Waals surface area contributed by atoms with Gasteiger partial charge in [-0.25, -0.2) is 4.68 Å². The number of fused-ring (bicyclic) bond motifs is 2. The molecule has 1 fully saturated rings. The molecule has 1 N–H and O–H groups in total. The van der Waals surface area contributed by atoms with Gasteiger partial charge in [0.25, 0.3) is 0 Å². The zero-order valence-electron chi connectivity index (χ0n) is 23.1. The van der Waals surface area contributed by atoms with E-state index in [4.69, 9.17) is 4.74 Å². The fraction of sp³-hybridized carbons (Fsp3) is 0.483. The number of nitrogens with zero attached hydrogens (tertiary/aromatic N) is 4. The standard InChI is InChI=1S/C29H29F5N4O5/c1-16(18-5-6-23-24(11-18)43-29(33,34)42-23)41-21-12-20(13-35-14-21)38-25-19(15-37-9-7-17(8-10-37)27(39)40)3-2-4-22(25)26(36-38)28(30,31)32/h5-6,11-14,16-17,19H,2-4,7-10,15H2,1H3,(H,39,40)/t16-,19+/m0/s1. The number of rotatable bonds is 7. The summed E-state index contributed by atoms with van der Waals surface area (Å²) in [4.78, 5) is 17.7. The highest BCUT2D eigenvalue weighted by Crippen LogP contribution is 2.44. The molecule has 4 heterocycles. The van der Waals surface area contributed by atoms with Gasteiger partial charge in [0, 0.05) is 24.1 Å². The molecule has 6 rings (SSSR count). The Morgan fingerprint density at radius 1 is 1.14 bits per heavy atom. The molecule has 9 nitrogen and oxygen atoms in total. The first kappa shape index (κ1) is 29.1. The summed E-state index contributed by atoms with van der Waals surface area (Å²) < 4.78 is 85.6. The fourth-order valence-electron chi connectivity index (χ4n) is 6.15. The van der Waals surface area contributed by atoms with Crippen molar-refractivity contribution in [1.82, 2.24) is 19.7 Å². The maximum atomic E-state index is 14.1. The van der Waals surface area contributed by atoms with E-state index in [1.165, 1.54) is 29.2 Å². The molecule has 3 aliphatic rings. The van der Waals surface area contributed by atoms with Crippen molar-refractivity contribution in [3.05, 3.63) is 59.2 Å². The van der Waals surface area contributed by atoms with Crippen molar-refractivity contribution >= 4 is 5.97 Å². The molecule has 1 aromatic carbocycles. The van der Waals surface area contributed by atoms with Gasteiger partial charge in [0.15, 0.2) is 17.2 Å². The maximum absolute atomic E-state index is 14.1. The Morgan fingerprint density at radius 2 is 1.88 bits per heavy atom. The van der Waals surface area contributed by atoms with Crippen molar-refractivity contribution in [1.29, 1.82) is 0 Å². The Hall–Kier alpha value is -3.94. The summed E-state index contributed by atoms with van der Waals surface area (Å²) in [6.07, 6.45) is -3.76. The Morgan fingerprint density at radius 3 is 2.60 bits per heavy atom. The smallest absolute Gasteiger partial charge is 0.484 e. The summed E-state index contributed by atoms with van der Waals surface area (Å²) in [5.41, 5.74) is 0.517. The van der Waals surface area contributed by atoms with Gasteiger partial charge in [0.05, 0.1) is 29.7 Å². The average molecular weight is 609 g/mol. The number of halogens is 5. The quantitative estimate of drug-likeness (QED) is 0.328. The van der Waals surface area contributed by atoms with Crippen molar-refractivity contribution in [3.63, 3.8) is 0 Å². The SMILES string of the molecule is C[C@H](Oc1cncc(-n2nc(C(F)(F)F)c3c2[C@@H](CN2CCC(C(=O)O)CC2)CCC3)c1)c1ccc2c(c1)OC(F)(F)O2. The molecule has 2 atom stereocenters. The van der Waals surface area contributed by atoms with Crippen molar-refractivity contribution in [3.8, 4) is 22.9 Å². The zero-order valence-corrected chi connectivity index (χ0v) is 23.1. The first-order valence-electron chi connectivity index (χ1n) is 14.0. The van der Waals surface area contributed by atoms with E-state index in [0.717, 1.165) is 0 Å². The molecule has 2 aliphatic heterocycles. The molecule has 2 aromatic heterocycles. The lowest BCUT2D eigenvalue weighted by molar-refractivity contribution is -0.286. The molecule has 230 valence electrons. The van der Waals surface area contributed by atoms with Gasteiger partial charge in [-0.05, 0) is 69.8 Å². The Labute approximate surface area is 243 Å².